The molecule has 76 valence electrons. The molecule has 0 heterocycles. The second-order valence-electron chi connectivity index (χ2n) is 4.59. The quantitative estimate of drug-likeness (QED) is 0.469. The Kier molecular flexibility index (Phi) is 4.89. The van der Waals surface area contributed by atoms with Crippen LogP contribution >= 0.6 is 0 Å². The van der Waals surface area contributed by atoms with Gasteiger partial charge in [0.25, 0.3) is 0 Å². The molecule has 0 N–H and O–H groups in total. The topological polar surface area (TPSA) is 29.4 Å². The fourth-order valence-corrected chi connectivity index (χ4v) is 1.08. The fourth-order valence-electron chi connectivity index (χ4n) is 1.08. The second-order valence-corrected chi connectivity index (χ2v) is 4.59. The largest absolute Gasteiger partial charge is 0.151 e. The maximum absolute atomic E-state index is 10.4. The van der Waals surface area contributed by atoms with E-state index in [0.29, 0.717) is 0 Å². The van der Waals surface area contributed by atoms with Crippen LogP contribution in [0.4, 0.5) is 0 Å². The van der Waals surface area contributed by atoms with E-state index in [1.165, 1.54) is 5.57 Å². The third kappa shape index (κ3) is 4.81. The maximum Gasteiger partial charge on any atom is 0.0942 e. The van der Waals surface area contributed by atoms with Crippen LogP contribution in [-0.2, 0) is 0 Å². The lowest BCUT2D eigenvalue weighted by molar-refractivity contribution is 0.279. The molecule has 1 unspecified atom stereocenters. The molecule has 2 heteroatoms. The molecule has 0 aromatic carbocycles. The minimum Gasteiger partial charge on any atom is -0.151 e. The van der Waals surface area contributed by atoms with Crippen LogP contribution in [0.1, 0.15) is 47.5 Å². The third-order valence-corrected chi connectivity index (χ3v) is 2.63. The first-order valence-electron chi connectivity index (χ1n) is 4.86. The van der Waals surface area contributed by atoms with Gasteiger partial charge in [-0.2, -0.15) is 4.91 Å². The Morgan fingerprint density at radius 1 is 1.46 bits per heavy atom. The Morgan fingerprint density at radius 3 is 2.38 bits per heavy atom. The van der Waals surface area contributed by atoms with Crippen LogP contribution in [0.5, 0.6) is 0 Å². The van der Waals surface area contributed by atoms with Crippen molar-refractivity contribution in [1.29, 1.82) is 0 Å². The van der Waals surface area contributed by atoms with Crippen molar-refractivity contribution in [2.45, 2.75) is 53.5 Å². The highest BCUT2D eigenvalue weighted by atomic mass is 16.3. The van der Waals surface area contributed by atoms with Gasteiger partial charge in [0.05, 0.1) is 6.04 Å². The van der Waals surface area contributed by atoms with E-state index in [1.807, 2.05) is 6.92 Å². The number of hydrogen-bond acceptors (Lipinski definition) is 2. The van der Waals surface area contributed by atoms with Crippen molar-refractivity contribution in [3.63, 3.8) is 0 Å². The van der Waals surface area contributed by atoms with Crippen molar-refractivity contribution in [1.82, 2.24) is 0 Å². The minimum absolute atomic E-state index is 0.0215. The van der Waals surface area contributed by atoms with Crippen molar-refractivity contribution in [3.05, 3.63) is 16.6 Å². The predicted octanol–water partition coefficient (Wildman–Crippen LogP) is 3.91. The van der Waals surface area contributed by atoms with Gasteiger partial charge in [0.15, 0.2) is 0 Å². The lowest BCUT2D eigenvalue weighted by atomic mass is 9.81. The molecule has 13 heavy (non-hydrogen) atoms. The first-order valence-corrected chi connectivity index (χ1v) is 4.86. The SMILES string of the molecule is CC(C)=CCCC(C)(C)C(C)N=O. The zero-order valence-corrected chi connectivity index (χ0v) is 9.42. The van der Waals surface area contributed by atoms with Crippen molar-refractivity contribution in [2.24, 2.45) is 10.6 Å². The molecule has 0 aromatic rings. The molecule has 0 fully saturated rings. The van der Waals surface area contributed by atoms with Crippen molar-refractivity contribution in [2.75, 3.05) is 0 Å². The molecule has 0 saturated carbocycles. The number of hydrogen-bond donors (Lipinski definition) is 0. The summed E-state index contributed by atoms with van der Waals surface area (Å²) in [5.41, 5.74) is 1.36. The van der Waals surface area contributed by atoms with E-state index in [-0.39, 0.29) is 11.5 Å². The summed E-state index contributed by atoms with van der Waals surface area (Å²) in [6, 6.07) is -0.0990. The zero-order valence-electron chi connectivity index (χ0n) is 9.42. The summed E-state index contributed by atoms with van der Waals surface area (Å²) >= 11 is 0. The van der Waals surface area contributed by atoms with Crippen molar-refractivity contribution < 1.29 is 0 Å². The van der Waals surface area contributed by atoms with Gasteiger partial charge in [-0.25, -0.2) is 0 Å². The Hall–Kier alpha value is -0.660. The van der Waals surface area contributed by atoms with Gasteiger partial charge in [-0.1, -0.05) is 30.7 Å². The van der Waals surface area contributed by atoms with E-state index < -0.39 is 0 Å². The number of nitrogens with zero attached hydrogens (tertiary/aromatic N) is 1. The average Bonchev–Trinajstić information content (AvgIpc) is 2.01. The van der Waals surface area contributed by atoms with Crippen molar-refractivity contribution >= 4 is 0 Å². The average molecular weight is 183 g/mol. The monoisotopic (exact) mass is 183 g/mol. The lowest BCUT2D eigenvalue weighted by Gasteiger charge is -2.26. The second kappa shape index (κ2) is 5.15. The van der Waals surface area contributed by atoms with Gasteiger partial charge >= 0.3 is 0 Å². The Bertz CT molecular complexity index is 190. The van der Waals surface area contributed by atoms with Gasteiger partial charge in [-0.15, -0.1) is 0 Å². The van der Waals surface area contributed by atoms with Gasteiger partial charge in [0, 0.05) is 0 Å². The first kappa shape index (κ1) is 12.3. The molecule has 0 aliphatic carbocycles. The molecular weight excluding hydrogens is 162 g/mol. The third-order valence-electron chi connectivity index (χ3n) is 2.63. The van der Waals surface area contributed by atoms with Crippen LogP contribution in [0.25, 0.3) is 0 Å². The van der Waals surface area contributed by atoms with Gasteiger partial charge in [0.2, 0.25) is 0 Å². The Labute approximate surface area is 81.4 Å². The molecule has 0 aliphatic rings. The van der Waals surface area contributed by atoms with Crippen LogP contribution < -0.4 is 0 Å². The summed E-state index contributed by atoms with van der Waals surface area (Å²) in [4.78, 5) is 10.4. The van der Waals surface area contributed by atoms with Gasteiger partial charge in [-0.05, 0) is 39.0 Å². The molecule has 0 saturated heterocycles. The molecule has 1 atom stereocenters. The van der Waals surface area contributed by atoms with E-state index in [4.69, 9.17) is 0 Å². The highest BCUT2D eigenvalue weighted by molar-refractivity contribution is 4.94. The summed E-state index contributed by atoms with van der Waals surface area (Å²) < 4.78 is 0. The lowest BCUT2D eigenvalue weighted by Crippen LogP contribution is -2.24. The van der Waals surface area contributed by atoms with E-state index >= 15 is 0 Å². The summed E-state index contributed by atoms with van der Waals surface area (Å²) in [6.07, 6.45) is 4.26. The summed E-state index contributed by atoms with van der Waals surface area (Å²) in [5.74, 6) is 0. The molecule has 0 amide bonds. The maximum atomic E-state index is 10.4. The predicted molar refractivity (Wildman–Crippen MR) is 57.7 cm³/mol. The number of allylic oxidation sites excluding steroid dienone is 2. The van der Waals surface area contributed by atoms with Crippen LogP contribution in [0.2, 0.25) is 0 Å². The number of nitroso groups, excluding NO2 is 1. The number of rotatable bonds is 5. The summed E-state index contributed by atoms with van der Waals surface area (Å²) in [5, 5.41) is 3.09. The molecule has 0 spiro atoms. The standard InChI is InChI=1S/C11H21NO/c1-9(2)7-6-8-11(4,5)10(3)12-13/h7,10H,6,8H2,1-5H3. The van der Waals surface area contributed by atoms with E-state index in [2.05, 4.69) is 38.9 Å². The Balaban J connectivity index is 4.03. The van der Waals surface area contributed by atoms with Gasteiger partial charge in [0.1, 0.15) is 0 Å². The van der Waals surface area contributed by atoms with E-state index in [0.717, 1.165) is 12.8 Å². The van der Waals surface area contributed by atoms with E-state index in [1.54, 1.807) is 0 Å². The highest BCUT2D eigenvalue weighted by Crippen LogP contribution is 2.29. The van der Waals surface area contributed by atoms with Gasteiger partial charge in [-0.3, -0.25) is 0 Å². The summed E-state index contributed by atoms with van der Waals surface area (Å²) in [7, 11) is 0. The Morgan fingerprint density at radius 2 is 2.00 bits per heavy atom. The van der Waals surface area contributed by atoms with Gasteiger partial charge < -0.3 is 0 Å². The van der Waals surface area contributed by atoms with Crippen LogP contribution in [0, 0.1) is 10.3 Å². The van der Waals surface area contributed by atoms with Crippen LogP contribution in [0.3, 0.4) is 0 Å². The van der Waals surface area contributed by atoms with Crippen LogP contribution in [-0.4, -0.2) is 6.04 Å². The van der Waals surface area contributed by atoms with E-state index in [9.17, 15) is 4.91 Å². The normalized spacial score (nSPS) is 13.6. The zero-order chi connectivity index (χ0) is 10.5. The minimum atomic E-state index is -0.0990. The molecular formula is C11H21NO. The van der Waals surface area contributed by atoms with Crippen molar-refractivity contribution in [3.8, 4) is 0 Å². The van der Waals surface area contributed by atoms with Crippen LogP contribution in [0.15, 0.2) is 16.8 Å². The molecule has 2 nitrogen and oxygen atoms in total. The first-order chi connectivity index (χ1) is 5.90. The smallest absolute Gasteiger partial charge is 0.0942 e. The molecule has 0 aliphatic heterocycles. The molecule has 0 aromatic heterocycles. The fraction of sp³-hybridized carbons (Fsp3) is 0.818. The molecule has 0 radical (unpaired) electrons. The molecule has 0 rings (SSSR count). The highest BCUT2D eigenvalue weighted by Gasteiger charge is 2.25. The molecule has 0 bridgehead atoms. The summed E-state index contributed by atoms with van der Waals surface area (Å²) in [6.45, 7) is 10.3.